The van der Waals surface area contributed by atoms with Crippen molar-refractivity contribution in [2.75, 3.05) is 30.4 Å². The lowest BCUT2D eigenvalue weighted by atomic mass is 10.4. The van der Waals surface area contributed by atoms with Crippen molar-refractivity contribution in [2.45, 2.75) is 13.3 Å². The Morgan fingerprint density at radius 2 is 2.33 bits per heavy atom. The predicted octanol–water partition coefficient (Wildman–Crippen LogP) is 1.26. The molecule has 1 aromatic rings. The molecule has 1 aromatic heterocycles. The second-order valence-electron chi connectivity index (χ2n) is 3.00. The zero-order valence-corrected chi connectivity index (χ0v) is 9.06. The van der Waals surface area contributed by atoms with Crippen LogP contribution in [-0.2, 0) is 0 Å². The van der Waals surface area contributed by atoms with Crippen molar-refractivity contribution in [3.8, 4) is 6.07 Å². The van der Waals surface area contributed by atoms with Crippen LogP contribution in [-0.4, -0.2) is 30.1 Å². The number of hydrogen-bond acceptors (Lipinski definition) is 5. The summed E-state index contributed by atoms with van der Waals surface area (Å²) in [5.74, 6) is 1.64. The standard InChI is InChI=1S/C10H15N5/c1-3-15(6-4-5-11)10-7-9(12-2)13-8-14-10/h7-8H,3-4,6H2,1-2H3,(H,12,13,14). The number of nitrogens with zero attached hydrogens (tertiary/aromatic N) is 4. The molecule has 0 spiro atoms. The molecule has 1 rings (SSSR count). The molecule has 0 atom stereocenters. The Morgan fingerprint density at radius 3 is 2.93 bits per heavy atom. The first-order chi connectivity index (χ1) is 7.31. The lowest BCUT2D eigenvalue weighted by molar-refractivity contribution is 0.808. The van der Waals surface area contributed by atoms with Gasteiger partial charge in [0.15, 0.2) is 0 Å². The zero-order valence-electron chi connectivity index (χ0n) is 9.06. The van der Waals surface area contributed by atoms with E-state index in [-0.39, 0.29) is 0 Å². The fraction of sp³-hybridized carbons (Fsp3) is 0.500. The SMILES string of the molecule is CCN(CCC#N)c1cc(NC)ncn1. The van der Waals surface area contributed by atoms with Gasteiger partial charge in [-0.1, -0.05) is 0 Å². The normalized spacial score (nSPS) is 9.40. The molecule has 5 heteroatoms. The third kappa shape index (κ3) is 3.09. The van der Waals surface area contributed by atoms with Crippen LogP contribution in [0.3, 0.4) is 0 Å². The van der Waals surface area contributed by atoms with Crippen LogP contribution >= 0.6 is 0 Å². The first kappa shape index (κ1) is 11.2. The predicted molar refractivity (Wildman–Crippen MR) is 59.7 cm³/mol. The molecular weight excluding hydrogens is 190 g/mol. The summed E-state index contributed by atoms with van der Waals surface area (Å²) in [7, 11) is 1.82. The van der Waals surface area contributed by atoms with E-state index < -0.39 is 0 Å². The van der Waals surface area contributed by atoms with E-state index in [1.165, 1.54) is 6.33 Å². The smallest absolute Gasteiger partial charge is 0.134 e. The monoisotopic (exact) mass is 205 g/mol. The molecule has 0 aliphatic carbocycles. The summed E-state index contributed by atoms with van der Waals surface area (Å²) in [4.78, 5) is 10.3. The highest BCUT2D eigenvalue weighted by atomic mass is 15.2. The van der Waals surface area contributed by atoms with Crippen LogP contribution in [0.25, 0.3) is 0 Å². The van der Waals surface area contributed by atoms with Gasteiger partial charge >= 0.3 is 0 Å². The van der Waals surface area contributed by atoms with Gasteiger partial charge in [-0.15, -0.1) is 0 Å². The average Bonchev–Trinajstić information content (AvgIpc) is 2.30. The van der Waals surface area contributed by atoms with E-state index in [4.69, 9.17) is 5.26 Å². The van der Waals surface area contributed by atoms with Crippen LogP contribution < -0.4 is 10.2 Å². The fourth-order valence-electron chi connectivity index (χ4n) is 1.28. The van der Waals surface area contributed by atoms with Crippen LogP contribution in [0.2, 0.25) is 0 Å². The number of aromatic nitrogens is 2. The first-order valence-corrected chi connectivity index (χ1v) is 4.93. The highest BCUT2D eigenvalue weighted by molar-refractivity contribution is 5.47. The molecule has 15 heavy (non-hydrogen) atoms. The Morgan fingerprint density at radius 1 is 1.53 bits per heavy atom. The van der Waals surface area contributed by atoms with Gasteiger partial charge in [0.25, 0.3) is 0 Å². The molecule has 5 nitrogen and oxygen atoms in total. The van der Waals surface area contributed by atoms with E-state index in [0.29, 0.717) is 13.0 Å². The zero-order chi connectivity index (χ0) is 11.1. The summed E-state index contributed by atoms with van der Waals surface area (Å²) in [6.45, 7) is 3.58. The Bertz CT molecular complexity index is 344. The molecule has 0 saturated heterocycles. The van der Waals surface area contributed by atoms with Crippen molar-refractivity contribution in [1.82, 2.24) is 9.97 Å². The second kappa shape index (κ2) is 5.81. The Hall–Kier alpha value is -1.83. The molecule has 0 unspecified atom stereocenters. The molecule has 0 radical (unpaired) electrons. The van der Waals surface area contributed by atoms with Gasteiger partial charge in [0.05, 0.1) is 12.5 Å². The first-order valence-electron chi connectivity index (χ1n) is 4.93. The summed E-state index contributed by atoms with van der Waals surface area (Å²) in [5, 5.41) is 11.5. The van der Waals surface area contributed by atoms with Crippen molar-refractivity contribution in [3.05, 3.63) is 12.4 Å². The number of nitriles is 1. The fourth-order valence-corrected chi connectivity index (χ4v) is 1.28. The Labute approximate surface area is 89.8 Å². The van der Waals surface area contributed by atoms with E-state index in [9.17, 15) is 0 Å². The number of rotatable bonds is 5. The molecule has 1 heterocycles. The van der Waals surface area contributed by atoms with Gasteiger partial charge in [0.2, 0.25) is 0 Å². The topological polar surface area (TPSA) is 64.8 Å². The second-order valence-corrected chi connectivity index (χ2v) is 3.00. The minimum absolute atomic E-state index is 0.507. The van der Waals surface area contributed by atoms with Gasteiger partial charge in [0, 0.05) is 26.2 Å². The van der Waals surface area contributed by atoms with E-state index in [1.807, 2.05) is 24.9 Å². The maximum Gasteiger partial charge on any atom is 0.134 e. The molecule has 0 aliphatic heterocycles. The average molecular weight is 205 g/mol. The van der Waals surface area contributed by atoms with E-state index >= 15 is 0 Å². The molecule has 0 saturated carbocycles. The molecule has 1 N–H and O–H groups in total. The highest BCUT2D eigenvalue weighted by Crippen LogP contribution is 2.13. The minimum atomic E-state index is 0.507. The van der Waals surface area contributed by atoms with Crippen LogP contribution in [0.4, 0.5) is 11.6 Å². The Kier molecular flexibility index (Phi) is 4.35. The largest absolute Gasteiger partial charge is 0.373 e. The van der Waals surface area contributed by atoms with Crippen molar-refractivity contribution in [2.24, 2.45) is 0 Å². The van der Waals surface area contributed by atoms with E-state index in [0.717, 1.165) is 18.2 Å². The van der Waals surface area contributed by atoms with Crippen molar-refractivity contribution < 1.29 is 0 Å². The number of anilines is 2. The molecular formula is C10H15N5. The summed E-state index contributed by atoms with van der Waals surface area (Å²) in [5.41, 5.74) is 0. The summed E-state index contributed by atoms with van der Waals surface area (Å²) in [6, 6.07) is 4.01. The van der Waals surface area contributed by atoms with Gasteiger partial charge in [0.1, 0.15) is 18.0 Å². The summed E-state index contributed by atoms with van der Waals surface area (Å²) in [6.07, 6.45) is 2.03. The number of hydrogen-bond donors (Lipinski definition) is 1. The van der Waals surface area contributed by atoms with Gasteiger partial charge in [-0.25, -0.2) is 9.97 Å². The summed E-state index contributed by atoms with van der Waals surface area (Å²) < 4.78 is 0. The molecule has 0 aliphatic rings. The van der Waals surface area contributed by atoms with E-state index in [2.05, 4.69) is 21.4 Å². The maximum absolute atomic E-state index is 8.54. The van der Waals surface area contributed by atoms with Gasteiger partial charge < -0.3 is 10.2 Å². The van der Waals surface area contributed by atoms with Crippen molar-refractivity contribution in [3.63, 3.8) is 0 Å². The Balaban J connectivity index is 2.77. The van der Waals surface area contributed by atoms with Crippen molar-refractivity contribution >= 4 is 11.6 Å². The molecule has 0 fully saturated rings. The van der Waals surface area contributed by atoms with Crippen LogP contribution in [0, 0.1) is 11.3 Å². The molecule has 0 aromatic carbocycles. The third-order valence-electron chi connectivity index (χ3n) is 2.11. The maximum atomic E-state index is 8.54. The van der Waals surface area contributed by atoms with Crippen LogP contribution in [0.1, 0.15) is 13.3 Å². The molecule has 0 bridgehead atoms. The number of nitrogens with one attached hydrogen (secondary N) is 1. The van der Waals surface area contributed by atoms with Gasteiger partial charge in [-0.2, -0.15) is 5.26 Å². The lowest BCUT2D eigenvalue weighted by Crippen LogP contribution is -2.24. The minimum Gasteiger partial charge on any atom is -0.373 e. The van der Waals surface area contributed by atoms with E-state index in [1.54, 1.807) is 0 Å². The third-order valence-corrected chi connectivity index (χ3v) is 2.11. The quantitative estimate of drug-likeness (QED) is 0.784. The van der Waals surface area contributed by atoms with Crippen LogP contribution in [0.15, 0.2) is 12.4 Å². The van der Waals surface area contributed by atoms with Gasteiger partial charge in [-0.05, 0) is 6.92 Å². The molecule has 80 valence electrons. The summed E-state index contributed by atoms with van der Waals surface area (Å²) >= 11 is 0. The highest BCUT2D eigenvalue weighted by Gasteiger charge is 2.05. The molecule has 0 amide bonds. The van der Waals surface area contributed by atoms with Crippen LogP contribution in [0.5, 0.6) is 0 Å². The lowest BCUT2D eigenvalue weighted by Gasteiger charge is -2.20. The van der Waals surface area contributed by atoms with Crippen molar-refractivity contribution in [1.29, 1.82) is 5.26 Å². The van der Waals surface area contributed by atoms with Gasteiger partial charge in [-0.3, -0.25) is 0 Å².